The molecular formula is C4H9O3P. The van der Waals surface area contributed by atoms with E-state index in [9.17, 15) is 4.57 Å². The molecule has 1 aliphatic rings. The van der Waals surface area contributed by atoms with E-state index in [0.29, 0.717) is 6.61 Å². The van der Waals surface area contributed by atoms with Gasteiger partial charge in [0.05, 0.1) is 12.7 Å². The molecule has 1 heterocycles. The normalized spacial score (nSPS) is 39.6. The molecule has 2 atom stereocenters. The van der Waals surface area contributed by atoms with Crippen LogP contribution in [0, 0.1) is 0 Å². The van der Waals surface area contributed by atoms with Crippen molar-refractivity contribution >= 4 is 8.25 Å². The molecule has 0 radical (unpaired) electrons. The van der Waals surface area contributed by atoms with Gasteiger partial charge in [0.25, 0.3) is 0 Å². The van der Waals surface area contributed by atoms with Crippen LogP contribution in [0.25, 0.3) is 0 Å². The summed E-state index contributed by atoms with van der Waals surface area (Å²) in [7, 11) is -2.09. The fourth-order valence-corrected chi connectivity index (χ4v) is 1.36. The Balaban J connectivity index is 2.34. The second-order valence-corrected chi connectivity index (χ2v) is 2.84. The van der Waals surface area contributed by atoms with Crippen LogP contribution in [0.5, 0.6) is 0 Å². The van der Waals surface area contributed by atoms with Crippen molar-refractivity contribution in [2.24, 2.45) is 0 Å². The molecular weight excluding hydrogens is 127 g/mol. The van der Waals surface area contributed by atoms with E-state index in [1.54, 1.807) is 0 Å². The Kier molecular flexibility index (Phi) is 2.06. The number of rotatable bonds is 0. The van der Waals surface area contributed by atoms with Crippen LogP contribution in [0.2, 0.25) is 0 Å². The first kappa shape index (κ1) is 6.27. The molecule has 0 aromatic rings. The maximum Gasteiger partial charge on any atom is 0.319 e. The molecule has 0 bridgehead atoms. The molecule has 0 spiro atoms. The maximum absolute atomic E-state index is 10.4. The summed E-state index contributed by atoms with van der Waals surface area (Å²) >= 11 is 0. The minimum atomic E-state index is -2.09. The molecule has 1 fully saturated rings. The van der Waals surface area contributed by atoms with Gasteiger partial charge in [-0.1, -0.05) is 0 Å². The van der Waals surface area contributed by atoms with Gasteiger partial charge >= 0.3 is 8.25 Å². The SMILES string of the molecule is C[C@@H]1CCO[P@H](=O)O1. The molecule has 0 saturated carbocycles. The van der Waals surface area contributed by atoms with Gasteiger partial charge in [-0.2, -0.15) is 0 Å². The molecule has 4 heteroatoms. The summed E-state index contributed by atoms with van der Waals surface area (Å²) in [4.78, 5) is 0. The van der Waals surface area contributed by atoms with Crippen molar-refractivity contribution in [1.82, 2.24) is 0 Å². The Hall–Kier alpha value is 0.150. The lowest BCUT2D eigenvalue weighted by atomic mass is 10.3. The van der Waals surface area contributed by atoms with Crippen LogP contribution >= 0.6 is 8.25 Å². The summed E-state index contributed by atoms with van der Waals surface area (Å²) in [5.74, 6) is 0. The highest BCUT2D eigenvalue weighted by molar-refractivity contribution is 7.33. The average Bonchev–Trinajstić information content (AvgIpc) is 1.64. The molecule has 1 aliphatic heterocycles. The molecule has 0 aromatic carbocycles. The lowest BCUT2D eigenvalue weighted by Crippen LogP contribution is -2.11. The van der Waals surface area contributed by atoms with Gasteiger partial charge in [0.15, 0.2) is 0 Å². The topological polar surface area (TPSA) is 35.5 Å². The molecule has 0 aliphatic carbocycles. The van der Waals surface area contributed by atoms with Crippen LogP contribution in [0.1, 0.15) is 13.3 Å². The Bertz CT molecular complexity index is 103. The fraction of sp³-hybridized carbons (Fsp3) is 1.00. The lowest BCUT2D eigenvalue weighted by molar-refractivity contribution is 0.108. The summed E-state index contributed by atoms with van der Waals surface area (Å²) in [6.07, 6.45) is 0.978. The quantitative estimate of drug-likeness (QED) is 0.469. The van der Waals surface area contributed by atoms with Gasteiger partial charge in [0.2, 0.25) is 0 Å². The van der Waals surface area contributed by atoms with Crippen molar-refractivity contribution in [2.45, 2.75) is 19.4 Å². The van der Waals surface area contributed by atoms with Gasteiger partial charge < -0.3 is 9.05 Å². The maximum atomic E-state index is 10.4. The lowest BCUT2D eigenvalue weighted by Gasteiger charge is -2.17. The van der Waals surface area contributed by atoms with Gasteiger partial charge in [-0.3, -0.25) is 4.57 Å². The van der Waals surface area contributed by atoms with Crippen LogP contribution in [-0.2, 0) is 13.6 Å². The molecule has 0 N–H and O–H groups in total. The van der Waals surface area contributed by atoms with Crippen molar-refractivity contribution in [2.75, 3.05) is 6.61 Å². The summed E-state index contributed by atoms with van der Waals surface area (Å²) in [5.41, 5.74) is 0. The highest BCUT2D eigenvalue weighted by Crippen LogP contribution is 2.31. The first-order chi connectivity index (χ1) is 3.79. The second-order valence-electron chi connectivity index (χ2n) is 1.82. The van der Waals surface area contributed by atoms with E-state index < -0.39 is 8.25 Å². The Morgan fingerprint density at radius 1 is 1.75 bits per heavy atom. The highest BCUT2D eigenvalue weighted by Gasteiger charge is 2.13. The summed E-state index contributed by atoms with van der Waals surface area (Å²) < 4.78 is 19.9. The predicted octanol–water partition coefficient (Wildman–Crippen LogP) is 1.20. The van der Waals surface area contributed by atoms with Gasteiger partial charge in [-0.15, -0.1) is 0 Å². The van der Waals surface area contributed by atoms with E-state index in [2.05, 4.69) is 4.52 Å². The van der Waals surface area contributed by atoms with Crippen molar-refractivity contribution in [3.8, 4) is 0 Å². The molecule has 0 unspecified atom stereocenters. The molecule has 48 valence electrons. The smallest absolute Gasteiger partial charge is 0.311 e. The standard InChI is InChI=1S/C4H9O3P/c1-4-2-3-6-8(5)7-4/h4,8H,2-3H2,1H3/t4-/m1/s1. The van der Waals surface area contributed by atoms with Crippen LogP contribution in [-0.4, -0.2) is 12.7 Å². The van der Waals surface area contributed by atoms with Gasteiger partial charge in [-0.05, 0) is 13.3 Å². The molecule has 0 aromatic heterocycles. The molecule has 0 amide bonds. The van der Waals surface area contributed by atoms with E-state index in [1.807, 2.05) is 6.92 Å². The molecule has 3 nitrogen and oxygen atoms in total. The molecule has 1 rings (SSSR count). The largest absolute Gasteiger partial charge is 0.319 e. The van der Waals surface area contributed by atoms with Gasteiger partial charge in [0.1, 0.15) is 0 Å². The summed E-state index contributed by atoms with van der Waals surface area (Å²) in [6, 6.07) is 0. The van der Waals surface area contributed by atoms with Crippen LogP contribution in [0.3, 0.4) is 0 Å². The Morgan fingerprint density at radius 3 is 2.88 bits per heavy atom. The third kappa shape index (κ3) is 1.58. The average molecular weight is 136 g/mol. The fourth-order valence-electron chi connectivity index (χ4n) is 0.565. The monoisotopic (exact) mass is 136 g/mol. The van der Waals surface area contributed by atoms with Crippen molar-refractivity contribution < 1.29 is 13.6 Å². The number of hydrogen-bond acceptors (Lipinski definition) is 3. The zero-order valence-corrected chi connectivity index (χ0v) is 5.72. The van der Waals surface area contributed by atoms with E-state index in [-0.39, 0.29) is 6.10 Å². The minimum absolute atomic E-state index is 0.120. The predicted molar refractivity (Wildman–Crippen MR) is 30.1 cm³/mol. The van der Waals surface area contributed by atoms with E-state index in [4.69, 9.17) is 4.52 Å². The summed E-state index contributed by atoms with van der Waals surface area (Å²) in [6.45, 7) is 2.48. The van der Waals surface area contributed by atoms with Crippen LogP contribution in [0.4, 0.5) is 0 Å². The molecule has 1 saturated heterocycles. The summed E-state index contributed by atoms with van der Waals surface area (Å²) in [5, 5.41) is 0. The zero-order chi connectivity index (χ0) is 5.98. The third-order valence-corrected chi connectivity index (χ3v) is 2.08. The molecule has 8 heavy (non-hydrogen) atoms. The third-order valence-electron chi connectivity index (χ3n) is 1.04. The second kappa shape index (κ2) is 2.62. The van der Waals surface area contributed by atoms with Crippen LogP contribution in [0.15, 0.2) is 0 Å². The van der Waals surface area contributed by atoms with E-state index in [0.717, 1.165) is 6.42 Å². The Morgan fingerprint density at radius 2 is 2.50 bits per heavy atom. The zero-order valence-electron chi connectivity index (χ0n) is 4.72. The minimum Gasteiger partial charge on any atom is -0.311 e. The number of hydrogen-bond donors (Lipinski definition) is 0. The van der Waals surface area contributed by atoms with Gasteiger partial charge in [-0.25, -0.2) is 0 Å². The van der Waals surface area contributed by atoms with E-state index >= 15 is 0 Å². The van der Waals surface area contributed by atoms with Gasteiger partial charge in [0, 0.05) is 0 Å². The van der Waals surface area contributed by atoms with E-state index in [1.165, 1.54) is 0 Å². The Labute approximate surface area is 48.9 Å². The van der Waals surface area contributed by atoms with Crippen LogP contribution < -0.4 is 0 Å². The first-order valence-corrected chi connectivity index (χ1v) is 3.85. The first-order valence-electron chi connectivity index (χ1n) is 2.62. The van der Waals surface area contributed by atoms with Crippen molar-refractivity contribution in [3.05, 3.63) is 0 Å². The highest BCUT2D eigenvalue weighted by atomic mass is 31.1. The van der Waals surface area contributed by atoms with Crippen molar-refractivity contribution in [1.29, 1.82) is 0 Å². The van der Waals surface area contributed by atoms with Crippen molar-refractivity contribution in [3.63, 3.8) is 0 Å².